The monoisotopic (exact) mass is 260 g/mol. The number of carbonyl (C=O) groups excluding carboxylic acids is 1. The second-order valence-corrected chi connectivity index (χ2v) is 4.86. The van der Waals surface area contributed by atoms with Gasteiger partial charge in [0.25, 0.3) is 0 Å². The minimum atomic E-state index is -1.31. The molecule has 0 fully saturated rings. The number of rotatable bonds is 7. The summed E-state index contributed by atoms with van der Waals surface area (Å²) in [6.07, 6.45) is 0.150. The maximum atomic E-state index is 11.6. The lowest BCUT2D eigenvalue weighted by molar-refractivity contribution is -0.164. The van der Waals surface area contributed by atoms with Crippen molar-refractivity contribution >= 4 is 17.9 Å². The van der Waals surface area contributed by atoms with Crippen molar-refractivity contribution < 1.29 is 29.3 Å². The number of carboxylic acids is 2. The molecule has 2 atom stereocenters. The van der Waals surface area contributed by atoms with Crippen LogP contribution < -0.4 is 0 Å². The zero-order chi connectivity index (χ0) is 14.5. The van der Waals surface area contributed by atoms with Crippen LogP contribution in [0.2, 0.25) is 0 Å². The van der Waals surface area contributed by atoms with Crippen LogP contribution in [0.1, 0.15) is 40.5 Å². The summed E-state index contributed by atoms with van der Waals surface area (Å²) >= 11 is 0. The van der Waals surface area contributed by atoms with Gasteiger partial charge in [0.2, 0.25) is 0 Å². The van der Waals surface area contributed by atoms with Crippen molar-refractivity contribution in [3.63, 3.8) is 0 Å². The van der Waals surface area contributed by atoms with Crippen LogP contribution in [0, 0.1) is 11.8 Å². The quantitative estimate of drug-likeness (QED) is 0.673. The molecule has 18 heavy (non-hydrogen) atoms. The summed E-state index contributed by atoms with van der Waals surface area (Å²) in [7, 11) is 0. The van der Waals surface area contributed by atoms with Crippen LogP contribution in [0.3, 0.4) is 0 Å². The summed E-state index contributed by atoms with van der Waals surface area (Å²) in [5, 5.41) is 17.7. The van der Waals surface area contributed by atoms with E-state index in [4.69, 9.17) is 14.9 Å². The molecule has 2 N–H and O–H groups in total. The third-order valence-corrected chi connectivity index (χ3v) is 2.94. The SMILES string of the molecule is CCC(C)(C)OC(=O)CC(C(=O)O)C(C)C(=O)O. The molecule has 0 heterocycles. The molecule has 0 aliphatic heterocycles. The number of esters is 1. The molecule has 0 aromatic rings. The van der Waals surface area contributed by atoms with Crippen LogP contribution in [0.15, 0.2) is 0 Å². The fourth-order valence-corrected chi connectivity index (χ4v) is 1.25. The highest BCUT2D eigenvalue weighted by Gasteiger charge is 2.33. The number of hydrogen-bond acceptors (Lipinski definition) is 4. The summed E-state index contributed by atoms with van der Waals surface area (Å²) in [6, 6.07) is 0. The van der Waals surface area contributed by atoms with E-state index in [1.807, 2.05) is 6.92 Å². The minimum absolute atomic E-state index is 0.438. The standard InChI is InChI=1S/C12H20O6/c1-5-12(3,4)18-9(13)6-8(11(16)17)7(2)10(14)15/h7-8H,5-6H2,1-4H3,(H,14,15)(H,16,17). The van der Waals surface area contributed by atoms with Crippen molar-refractivity contribution in [3.8, 4) is 0 Å². The van der Waals surface area contributed by atoms with Crippen LogP contribution in [-0.2, 0) is 19.1 Å². The summed E-state index contributed by atoms with van der Waals surface area (Å²) in [5.74, 6) is -5.66. The van der Waals surface area contributed by atoms with E-state index in [1.165, 1.54) is 6.92 Å². The Morgan fingerprint density at radius 3 is 2.00 bits per heavy atom. The van der Waals surface area contributed by atoms with E-state index in [2.05, 4.69) is 0 Å². The Morgan fingerprint density at radius 2 is 1.67 bits per heavy atom. The average molecular weight is 260 g/mol. The van der Waals surface area contributed by atoms with Gasteiger partial charge in [-0.25, -0.2) is 0 Å². The summed E-state index contributed by atoms with van der Waals surface area (Å²) in [4.78, 5) is 33.3. The fraction of sp³-hybridized carbons (Fsp3) is 0.750. The van der Waals surface area contributed by atoms with Crippen LogP contribution in [0.4, 0.5) is 0 Å². The molecule has 0 rings (SSSR count). The highest BCUT2D eigenvalue weighted by molar-refractivity contribution is 5.84. The molecule has 0 aromatic heterocycles. The molecule has 6 heteroatoms. The van der Waals surface area contributed by atoms with Gasteiger partial charge in [-0.05, 0) is 20.3 Å². The van der Waals surface area contributed by atoms with Crippen molar-refractivity contribution in [2.24, 2.45) is 11.8 Å². The van der Waals surface area contributed by atoms with Crippen LogP contribution in [0.5, 0.6) is 0 Å². The Morgan fingerprint density at radius 1 is 1.17 bits per heavy atom. The van der Waals surface area contributed by atoms with Gasteiger partial charge in [0, 0.05) is 0 Å². The van der Waals surface area contributed by atoms with Gasteiger partial charge in [0.15, 0.2) is 0 Å². The van der Waals surface area contributed by atoms with Gasteiger partial charge >= 0.3 is 17.9 Å². The Bertz CT molecular complexity index is 333. The molecule has 104 valence electrons. The third-order valence-electron chi connectivity index (χ3n) is 2.94. The van der Waals surface area contributed by atoms with Gasteiger partial charge in [-0.3, -0.25) is 14.4 Å². The summed E-state index contributed by atoms with van der Waals surface area (Å²) < 4.78 is 5.10. The second-order valence-electron chi connectivity index (χ2n) is 4.86. The zero-order valence-electron chi connectivity index (χ0n) is 11.1. The van der Waals surface area contributed by atoms with Gasteiger partial charge in [0.05, 0.1) is 18.3 Å². The molecule has 0 spiro atoms. The Hall–Kier alpha value is -1.59. The third kappa shape index (κ3) is 5.16. The Balaban J connectivity index is 4.66. The molecule has 0 aromatic carbocycles. The number of hydrogen-bond donors (Lipinski definition) is 2. The average Bonchev–Trinajstić information content (AvgIpc) is 2.23. The first kappa shape index (κ1) is 16.4. The lowest BCUT2D eigenvalue weighted by Gasteiger charge is -2.24. The normalized spacial score (nSPS) is 14.7. The number of aliphatic carboxylic acids is 2. The maximum absolute atomic E-state index is 11.6. The smallest absolute Gasteiger partial charge is 0.307 e. The van der Waals surface area contributed by atoms with Crippen molar-refractivity contribution in [3.05, 3.63) is 0 Å². The topological polar surface area (TPSA) is 101 Å². The predicted octanol–water partition coefficient (Wildman–Crippen LogP) is 1.53. The van der Waals surface area contributed by atoms with Crippen molar-refractivity contribution in [2.75, 3.05) is 0 Å². The van der Waals surface area contributed by atoms with E-state index in [0.29, 0.717) is 6.42 Å². The molecule has 0 radical (unpaired) electrons. The van der Waals surface area contributed by atoms with Crippen molar-refractivity contribution in [2.45, 2.75) is 46.1 Å². The molecular formula is C12H20O6. The minimum Gasteiger partial charge on any atom is -0.481 e. The molecule has 2 unspecified atom stereocenters. The second kappa shape index (κ2) is 6.37. The van der Waals surface area contributed by atoms with Crippen LogP contribution in [-0.4, -0.2) is 33.7 Å². The Kier molecular flexibility index (Phi) is 5.81. The van der Waals surface area contributed by atoms with Gasteiger partial charge in [-0.1, -0.05) is 13.8 Å². The maximum Gasteiger partial charge on any atom is 0.307 e. The number of carboxylic acid groups (broad SMARTS) is 2. The summed E-state index contributed by atoms with van der Waals surface area (Å²) in [5.41, 5.74) is -0.674. The van der Waals surface area contributed by atoms with Crippen molar-refractivity contribution in [1.29, 1.82) is 0 Å². The van der Waals surface area contributed by atoms with Gasteiger partial charge < -0.3 is 14.9 Å². The van der Waals surface area contributed by atoms with E-state index in [0.717, 1.165) is 0 Å². The summed E-state index contributed by atoms with van der Waals surface area (Å²) in [6.45, 7) is 6.52. The van der Waals surface area contributed by atoms with E-state index < -0.39 is 41.8 Å². The van der Waals surface area contributed by atoms with Gasteiger partial charge in [-0.2, -0.15) is 0 Å². The molecule has 0 saturated carbocycles. The van der Waals surface area contributed by atoms with E-state index in [1.54, 1.807) is 13.8 Å². The largest absolute Gasteiger partial charge is 0.481 e. The van der Waals surface area contributed by atoms with Gasteiger partial charge in [-0.15, -0.1) is 0 Å². The zero-order valence-corrected chi connectivity index (χ0v) is 11.1. The number of ether oxygens (including phenoxy) is 1. The lowest BCUT2D eigenvalue weighted by Crippen LogP contribution is -2.33. The molecular weight excluding hydrogens is 240 g/mol. The lowest BCUT2D eigenvalue weighted by atomic mass is 9.91. The highest BCUT2D eigenvalue weighted by atomic mass is 16.6. The highest BCUT2D eigenvalue weighted by Crippen LogP contribution is 2.21. The number of carbonyl (C=O) groups is 3. The fourth-order valence-electron chi connectivity index (χ4n) is 1.25. The van der Waals surface area contributed by atoms with E-state index in [9.17, 15) is 14.4 Å². The predicted molar refractivity (Wildman–Crippen MR) is 63.0 cm³/mol. The Labute approximate surface area is 106 Å². The molecule has 0 saturated heterocycles. The molecule has 0 amide bonds. The molecule has 0 aliphatic rings. The van der Waals surface area contributed by atoms with Crippen LogP contribution >= 0.6 is 0 Å². The molecule has 0 aliphatic carbocycles. The first-order valence-corrected chi connectivity index (χ1v) is 5.78. The first-order valence-electron chi connectivity index (χ1n) is 5.78. The van der Waals surface area contributed by atoms with E-state index >= 15 is 0 Å². The van der Waals surface area contributed by atoms with Gasteiger partial charge in [0.1, 0.15) is 5.60 Å². The first-order chi connectivity index (χ1) is 8.10. The van der Waals surface area contributed by atoms with Crippen molar-refractivity contribution in [1.82, 2.24) is 0 Å². The molecule has 0 bridgehead atoms. The van der Waals surface area contributed by atoms with Crippen LogP contribution in [0.25, 0.3) is 0 Å². The van der Waals surface area contributed by atoms with E-state index in [-0.39, 0.29) is 0 Å². The molecule has 6 nitrogen and oxygen atoms in total.